The van der Waals surface area contributed by atoms with E-state index in [1.165, 1.54) is 5.56 Å². The van der Waals surface area contributed by atoms with Gasteiger partial charge in [0.2, 0.25) is 0 Å². The Morgan fingerprint density at radius 1 is 1.00 bits per heavy atom. The summed E-state index contributed by atoms with van der Waals surface area (Å²) in [6.45, 7) is 8.17. The summed E-state index contributed by atoms with van der Waals surface area (Å²) in [5.41, 5.74) is 4.00. The number of hydrogen-bond donors (Lipinski definition) is 1. The van der Waals surface area contributed by atoms with Gasteiger partial charge in [-0.3, -0.25) is 0 Å². The van der Waals surface area contributed by atoms with E-state index < -0.39 is 0 Å². The number of anilines is 2. The van der Waals surface area contributed by atoms with E-state index in [4.69, 9.17) is 11.6 Å². The highest BCUT2D eigenvalue weighted by Gasteiger charge is 2.07. The second-order valence-corrected chi connectivity index (χ2v) is 5.29. The normalized spacial score (nSPS) is 10.8. The monoisotopic (exact) mass is 275 g/mol. The Labute approximate surface area is 119 Å². The van der Waals surface area contributed by atoms with Gasteiger partial charge in [0.25, 0.3) is 0 Å². The molecule has 0 radical (unpaired) electrons. The molecule has 1 aromatic heterocycles. The van der Waals surface area contributed by atoms with Crippen LogP contribution < -0.4 is 5.32 Å². The summed E-state index contributed by atoms with van der Waals surface area (Å²) in [6, 6.07) is 8.27. The predicted octanol–water partition coefficient (Wildman–Crippen LogP) is 4.61. The molecule has 4 heteroatoms. The molecule has 2 aromatic rings. The van der Waals surface area contributed by atoms with Crippen LogP contribution in [0.2, 0.25) is 5.15 Å². The largest absolute Gasteiger partial charge is 0.338 e. The highest BCUT2D eigenvalue weighted by atomic mass is 35.5. The molecule has 100 valence electrons. The number of aromatic nitrogens is 2. The average molecular weight is 276 g/mol. The number of nitrogens with zero attached hydrogens (tertiary/aromatic N) is 2. The van der Waals surface area contributed by atoms with Crippen LogP contribution in [0.4, 0.5) is 11.5 Å². The second kappa shape index (κ2) is 5.57. The summed E-state index contributed by atoms with van der Waals surface area (Å²) in [7, 11) is 0. The third-order valence-corrected chi connectivity index (χ3v) is 3.37. The SMILES string of the molecule is Cc1nc(Cl)c(Nc2ccc(C(C)C)cc2)nc1C. The van der Waals surface area contributed by atoms with Gasteiger partial charge in [0.15, 0.2) is 11.0 Å². The zero-order valence-corrected chi connectivity index (χ0v) is 12.4. The lowest BCUT2D eigenvalue weighted by molar-refractivity contribution is 0.867. The van der Waals surface area contributed by atoms with Crippen molar-refractivity contribution >= 4 is 23.1 Å². The van der Waals surface area contributed by atoms with Crippen molar-refractivity contribution in [2.24, 2.45) is 0 Å². The molecule has 0 amide bonds. The number of benzene rings is 1. The van der Waals surface area contributed by atoms with Crippen molar-refractivity contribution in [2.75, 3.05) is 5.32 Å². The summed E-state index contributed by atoms with van der Waals surface area (Å²) in [4.78, 5) is 8.67. The van der Waals surface area contributed by atoms with Crippen LogP contribution in [0.3, 0.4) is 0 Å². The van der Waals surface area contributed by atoms with Crippen molar-refractivity contribution in [3.63, 3.8) is 0 Å². The Bertz CT molecular complexity index is 577. The van der Waals surface area contributed by atoms with Gasteiger partial charge in [-0.25, -0.2) is 9.97 Å². The standard InChI is InChI=1S/C15H18ClN3/c1-9(2)12-5-7-13(8-6-12)19-15-14(16)17-10(3)11(4)18-15/h5-9H,1-4H3,(H,18,19). The Kier molecular flexibility index (Phi) is 4.05. The molecule has 0 unspecified atom stereocenters. The Balaban J connectivity index is 2.24. The van der Waals surface area contributed by atoms with Gasteiger partial charge in [-0.15, -0.1) is 0 Å². The van der Waals surface area contributed by atoms with Gasteiger partial charge in [0, 0.05) is 5.69 Å². The summed E-state index contributed by atoms with van der Waals surface area (Å²) in [5, 5.41) is 3.60. The first-order valence-corrected chi connectivity index (χ1v) is 6.73. The zero-order valence-electron chi connectivity index (χ0n) is 11.7. The Morgan fingerprint density at radius 2 is 1.58 bits per heavy atom. The van der Waals surface area contributed by atoms with E-state index in [9.17, 15) is 0 Å². The second-order valence-electron chi connectivity index (χ2n) is 4.94. The molecule has 0 spiro atoms. The minimum atomic E-state index is 0.399. The molecular formula is C15H18ClN3. The highest BCUT2D eigenvalue weighted by Crippen LogP contribution is 2.24. The highest BCUT2D eigenvalue weighted by molar-refractivity contribution is 6.31. The van der Waals surface area contributed by atoms with Gasteiger partial charge < -0.3 is 5.32 Å². The molecule has 0 bridgehead atoms. The van der Waals surface area contributed by atoms with Crippen LogP contribution in [-0.4, -0.2) is 9.97 Å². The van der Waals surface area contributed by atoms with Crippen molar-refractivity contribution in [3.05, 3.63) is 46.4 Å². The molecule has 0 atom stereocenters. The lowest BCUT2D eigenvalue weighted by Crippen LogP contribution is -2.00. The molecule has 1 aromatic carbocycles. The maximum atomic E-state index is 6.10. The Morgan fingerprint density at radius 3 is 2.16 bits per heavy atom. The van der Waals surface area contributed by atoms with Crippen LogP contribution in [0.5, 0.6) is 0 Å². The molecule has 0 saturated carbocycles. The molecule has 3 nitrogen and oxygen atoms in total. The minimum Gasteiger partial charge on any atom is -0.338 e. The molecular weight excluding hydrogens is 258 g/mol. The first-order valence-electron chi connectivity index (χ1n) is 6.35. The third kappa shape index (κ3) is 3.24. The summed E-state index contributed by atoms with van der Waals surface area (Å²) in [6.07, 6.45) is 0. The van der Waals surface area contributed by atoms with Crippen molar-refractivity contribution < 1.29 is 0 Å². The molecule has 0 aliphatic rings. The number of nitrogens with one attached hydrogen (secondary N) is 1. The molecule has 0 aliphatic carbocycles. The van der Waals surface area contributed by atoms with Crippen molar-refractivity contribution in [1.82, 2.24) is 9.97 Å². The van der Waals surface area contributed by atoms with E-state index in [0.717, 1.165) is 17.1 Å². The minimum absolute atomic E-state index is 0.399. The third-order valence-electron chi connectivity index (χ3n) is 3.10. The Hall–Kier alpha value is -1.61. The van der Waals surface area contributed by atoms with Crippen molar-refractivity contribution in [2.45, 2.75) is 33.6 Å². The van der Waals surface area contributed by atoms with Crippen LogP contribution in [0, 0.1) is 13.8 Å². The van der Waals surface area contributed by atoms with Gasteiger partial charge in [0.1, 0.15) is 0 Å². The van der Waals surface area contributed by atoms with E-state index in [0.29, 0.717) is 16.9 Å². The van der Waals surface area contributed by atoms with E-state index in [1.807, 2.05) is 26.0 Å². The van der Waals surface area contributed by atoms with E-state index >= 15 is 0 Å². The van der Waals surface area contributed by atoms with Crippen LogP contribution in [0.25, 0.3) is 0 Å². The van der Waals surface area contributed by atoms with Gasteiger partial charge in [-0.05, 0) is 37.5 Å². The predicted molar refractivity (Wildman–Crippen MR) is 80.3 cm³/mol. The molecule has 2 rings (SSSR count). The number of rotatable bonds is 3. The smallest absolute Gasteiger partial charge is 0.172 e. The van der Waals surface area contributed by atoms with Crippen LogP contribution in [0.1, 0.15) is 36.7 Å². The molecule has 0 saturated heterocycles. The van der Waals surface area contributed by atoms with E-state index in [1.54, 1.807) is 0 Å². The van der Waals surface area contributed by atoms with Gasteiger partial charge >= 0.3 is 0 Å². The first-order chi connectivity index (χ1) is 8.97. The number of aryl methyl sites for hydroxylation is 2. The fourth-order valence-electron chi connectivity index (χ4n) is 1.74. The molecule has 0 aliphatic heterocycles. The van der Waals surface area contributed by atoms with Crippen molar-refractivity contribution in [1.29, 1.82) is 0 Å². The van der Waals surface area contributed by atoms with Crippen molar-refractivity contribution in [3.8, 4) is 0 Å². The quantitative estimate of drug-likeness (QED) is 0.889. The van der Waals surface area contributed by atoms with Crippen LogP contribution >= 0.6 is 11.6 Å². The van der Waals surface area contributed by atoms with Gasteiger partial charge in [-0.2, -0.15) is 0 Å². The number of hydrogen-bond acceptors (Lipinski definition) is 3. The molecule has 1 heterocycles. The number of halogens is 1. The van der Waals surface area contributed by atoms with Gasteiger partial charge in [0.05, 0.1) is 11.4 Å². The van der Waals surface area contributed by atoms with Crippen LogP contribution in [0.15, 0.2) is 24.3 Å². The summed E-state index contributed by atoms with van der Waals surface area (Å²) >= 11 is 6.10. The molecule has 0 fully saturated rings. The van der Waals surface area contributed by atoms with Gasteiger partial charge in [-0.1, -0.05) is 37.6 Å². The lowest BCUT2D eigenvalue weighted by atomic mass is 10.0. The fourth-order valence-corrected chi connectivity index (χ4v) is 1.96. The maximum Gasteiger partial charge on any atom is 0.172 e. The molecule has 1 N–H and O–H groups in total. The average Bonchev–Trinajstić information content (AvgIpc) is 2.36. The fraction of sp³-hybridized carbons (Fsp3) is 0.333. The molecule has 19 heavy (non-hydrogen) atoms. The topological polar surface area (TPSA) is 37.8 Å². The van der Waals surface area contributed by atoms with Crippen LogP contribution in [-0.2, 0) is 0 Å². The van der Waals surface area contributed by atoms with E-state index in [2.05, 4.69) is 41.3 Å². The first kappa shape index (κ1) is 13.8. The zero-order chi connectivity index (χ0) is 14.0. The summed E-state index contributed by atoms with van der Waals surface area (Å²) in [5.74, 6) is 1.13. The lowest BCUT2D eigenvalue weighted by Gasteiger charge is -2.11. The van der Waals surface area contributed by atoms with E-state index in [-0.39, 0.29) is 0 Å². The summed E-state index contributed by atoms with van der Waals surface area (Å²) < 4.78 is 0. The maximum absolute atomic E-state index is 6.10.